The van der Waals surface area contributed by atoms with Gasteiger partial charge in [-0.1, -0.05) is 133 Å². The van der Waals surface area contributed by atoms with E-state index in [9.17, 15) is 0 Å². The van der Waals surface area contributed by atoms with E-state index in [4.69, 9.17) is 23.8 Å². The van der Waals surface area contributed by atoms with Crippen LogP contribution in [-0.4, -0.2) is 19.5 Å². The summed E-state index contributed by atoms with van der Waals surface area (Å²) in [5.74, 6) is 1.70. The second-order valence-corrected chi connectivity index (χ2v) is 14.4. The molecule has 0 fully saturated rings. The number of furan rings is 2. The van der Waals surface area contributed by atoms with Gasteiger partial charge in [0.2, 0.25) is 5.95 Å². The average Bonchev–Trinajstić information content (AvgIpc) is 3.95. The number of hydrogen-bond acceptors (Lipinski definition) is 5. The first-order valence-corrected chi connectivity index (χ1v) is 19.0. The molecule has 0 saturated heterocycles. The van der Waals surface area contributed by atoms with Crippen molar-refractivity contribution in [3.63, 3.8) is 0 Å². The fourth-order valence-electron chi connectivity index (χ4n) is 8.41. The molecule has 0 aliphatic heterocycles. The molecule has 0 aliphatic carbocycles. The van der Waals surface area contributed by atoms with E-state index in [-0.39, 0.29) is 0 Å². The monoisotopic (exact) mass is 730 g/mol. The zero-order valence-corrected chi connectivity index (χ0v) is 30.4. The van der Waals surface area contributed by atoms with Crippen molar-refractivity contribution in [2.24, 2.45) is 0 Å². The molecule has 12 rings (SSSR count). The van der Waals surface area contributed by atoms with Crippen LogP contribution < -0.4 is 0 Å². The Bertz CT molecular complexity index is 3530. The molecular formula is C51H30N4O2. The molecule has 266 valence electrons. The summed E-state index contributed by atoms with van der Waals surface area (Å²) < 4.78 is 15.0. The van der Waals surface area contributed by atoms with Gasteiger partial charge >= 0.3 is 0 Å². The highest BCUT2D eigenvalue weighted by Crippen LogP contribution is 2.40. The Labute approximate surface area is 325 Å². The lowest BCUT2D eigenvalue weighted by Gasteiger charge is -2.11. The Balaban J connectivity index is 1.03. The van der Waals surface area contributed by atoms with Gasteiger partial charge in [0.05, 0.1) is 11.0 Å². The maximum atomic E-state index is 6.49. The van der Waals surface area contributed by atoms with E-state index in [0.29, 0.717) is 17.6 Å². The summed E-state index contributed by atoms with van der Waals surface area (Å²) in [5.41, 5.74) is 11.5. The Morgan fingerprint density at radius 1 is 0.333 bits per heavy atom. The highest BCUT2D eigenvalue weighted by atomic mass is 16.3. The van der Waals surface area contributed by atoms with Crippen molar-refractivity contribution >= 4 is 65.7 Å². The highest BCUT2D eigenvalue weighted by Gasteiger charge is 2.20. The van der Waals surface area contributed by atoms with Crippen molar-refractivity contribution in [2.75, 3.05) is 0 Å². The Kier molecular flexibility index (Phi) is 6.83. The third-order valence-electron chi connectivity index (χ3n) is 11.1. The molecule has 4 aromatic heterocycles. The van der Waals surface area contributed by atoms with Gasteiger partial charge in [-0.25, -0.2) is 4.98 Å². The van der Waals surface area contributed by atoms with E-state index in [2.05, 4.69) is 132 Å². The Morgan fingerprint density at radius 2 is 0.965 bits per heavy atom. The van der Waals surface area contributed by atoms with Gasteiger partial charge in [0.15, 0.2) is 11.6 Å². The summed E-state index contributed by atoms with van der Waals surface area (Å²) in [6.07, 6.45) is 0. The average molecular weight is 731 g/mol. The van der Waals surface area contributed by atoms with E-state index in [1.807, 2.05) is 54.6 Å². The molecule has 8 aromatic carbocycles. The molecule has 6 nitrogen and oxygen atoms in total. The van der Waals surface area contributed by atoms with Crippen LogP contribution in [0.25, 0.3) is 117 Å². The van der Waals surface area contributed by atoms with Gasteiger partial charge in [-0.15, -0.1) is 0 Å². The van der Waals surface area contributed by atoms with Gasteiger partial charge < -0.3 is 8.83 Å². The molecule has 0 aliphatic rings. The summed E-state index contributed by atoms with van der Waals surface area (Å²) in [6, 6.07) is 62.7. The van der Waals surface area contributed by atoms with Crippen molar-refractivity contribution in [3.05, 3.63) is 182 Å². The first-order chi connectivity index (χ1) is 28.2. The van der Waals surface area contributed by atoms with Crippen molar-refractivity contribution in [1.29, 1.82) is 0 Å². The van der Waals surface area contributed by atoms with Crippen LogP contribution in [-0.2, 0) is 0 Å². The third-order valence-corrected chi connectivity index (χ3v) is 11.1. The quantitative estimate of drug-likeness (QED) is 0.176. The summed E-state index contributed by atoms with van der Waals surface area (Å²) in [4.78, 5) is 15.5. The van der Waals surface area contributed by atoms with Gasteiger partial charge in [-0.3, -0.25) is 4.57 Å². The normalized spacial score (nSPS) is 11.9. The lowest BCUT2D eigenvalue weighted by atomic mass is 9.97. The largest absolute Gasteiger partial charge is 0.456 e. The molecule has 0 atom stereocenters. The maximum absolute atomic E-state index is 6.49. The summed E-state index contributed by atoms with van der Waals surface area (Å²) in [7, 11) is 0. The summed E-state index contributed by atoms with van der Waals surface area (Å²) in [5, 5.41) is 6.60. The first kappa shape index (κ1) is 31.5. The zero-order chi connectivity index (χ0) is 37.5. The number of benzene rings is 8. The SMILES string of the molecule is c1ccc(-c2nc(-c3cccc(-c4ccc5c(c4)oc4cccc(-c6ccccc6)c45)c3)nc(-n3c4ccccc4c4cc5c(cc43)oc3ccccc35)n2)cc1. The van der Waals surface area contributed by atoms with Crippen molar-refractivity contribution in [2.45, 2.75) is 0 Å². The number of rotatable bonds is 5. The van der Waals surface area contributed by atoms with Gasteiger partial charge in [-0.05, 0) is 64.7 Å². The predicted octanol–water partition coefficient (Wildman–Crippen LogP) is 13.4. The standard InChI is InChI=1S/C51H30N4O2/c1-3-13-31(14-4-1)36-21-12-24-45-48(36)39-26-25-34(28-46(39)57-45)33-17-11-18-35(27-33)50-52-49(32-15-5-2-6-16-32)53-51(54-50)55-42-22-9-7-19-37(42)40-29-41-38-20-8-10-23-44(38)56-47(41)30-43(40)55/h1-30H. The molecule has 12 aromatic rings. The third kappa shape index (κ3) is 5.01. The van der Waals surface area contributed by atoms with Crippen LogP contribution in [0.3, 0.4) is 0 Å². The molecule has 0 radical (unpaired) electrons. The summed E-state index contributed by atoms with van der Waals surface area (Å²) in [6.45, 7) is 0. The van der Waals surface area contributed by atoms with Gasteiger partial charge in [-0.2, -0.15) is 9.97 Å². The van der Waals surface area contributed by atoms with E-state index >= 15 is 0 Å². The highest BCUT2D eigenvalue weighted by molar-refractivity contribution is 6.17. The van der Waals surface area contributed by atoms with Crippen LogP contribution in [0.1, 0.15) is 0 Å². The van der Waals surface area contributed by atoms with E-state index < -0.39 is 0 Å². The Hall–Kier alpha value is -7.83. The van der Waals surface area contributed by atoms with E-state index in [0.717, 1.165) is 99.1 Å². The molecule has 6 heteroatoms. The number of para-hydroxylation sites is 2. The van der Waals surface area contributed by atoms with Gasteiger partial charge in [0.25, 0.3) is 0 Å². The minimum atomic E-state index is 0.531. The predicted molar refractivity (Wildman–Crippen MR) is 230 cm³/mol. The van der Waals surface area contributed by atoms with Crippen LogP contribution in [0.15, 0.2) is 191 Å². The molecule has 0 saturated carbocycles. The second kappa shape index (κ2) is 12.3. The topological polar surface area (TPSA) is 69.9 Å². The van der Waals surface area contributed by atoms with Gasteiger partial charge in [0.1, 0.15) is 22.3 Å². The number of nitrogens with zero attached hydrogens (tertiary/aromatic N) is 4. The van der Waals surface area contributed by atoms with Crippen molar-refractivity contribution < 1.29 is 8.83 Å². The molecule has 0 amide bonds. The smallest absolute Gasteiger partial charge is 0.238 e. The number of fused-ring (bicyclic) bond motifs is 9. The molecule has 0 N–H and O–H groups in total. The lowest BCUT2D eigenvalue weighted by molar-refractivity contribution is 0.669. The molecule has 0 unspecified atom stereocenters. The first-order valence-electron chi connectivity index (χ1n) is 19.0. The molecule has 0 bridgehead atoms. The fourth-order valence-corrected chi connectivity index (χ4v) is 8.41. The van der Waals surface area contributed by atoms with Crippen LogP contribution in [0.5, 0.6) is 0 Å². The fraction of sp³-hybridized carbons (Fsp3) is 0. The van der Waals surface area contributed by atoms with Crippen LogP contribution in [0, 0.1) is 0 Å². The number of aromatic nitrogens is 4. The van der Waals surface area contributed by atoms with Crippen LogP contribution in [0.4, 0.5) is 0 Å². The minimum absolute atomic E-state index is 0.531. The molecule has 4 heterocycles. The Morgan fingerprint density at radius 3 is 1.82 bits per heavy atom. The van der Waals surface area contributed by atoms with Gasteiger partial charge in [0, 0.05) is 49.5 Å². The zero-order valence-electron chi connectivity index (χ0n) is 30.4. The minimum Gasteiger partial charge on any atom is -0.456 e. The summed E-state index contributed by atoms with van der Waals surface area (Å²) >= 11 is 0. The van der Waals surface area contributed by atoms with Crippen LogP contribution >= 0.6 is 0 Å². The van der Waals surface area contributed by atoms with Crippen molar-refractivity contribution in [1.82, 2.24) is 19.5 Å². The molecule has 0 spiro atoms. The van der Waals surface area contributed by atoms with E-state index in [1.54, 1.807) is 0 Å². The lowest BCUT2D eigenvalue weighted by Crippen LogP contribution is -2.06. The number of hydrogen-bond donors (Lipinski definition) is 0. The van der Waals surface area contributed by atoms with Crippen LogP contribution in [0.2, 0.25) is 0 Å². The molecule has 57 heavy (non-hydrogen) atoms. The maximum Gasteiger partial charge on any atom is 0.238 e. The second-order valence-electron chi connectivity index (χ2n) is 14.4. The van der Waals surface area contributed by atoms with Crippen molar-refractivity contribution in [3.8, 4) is 51.0 Å². The molecular weight excluding hydrogens is 701 g/mol. The van der Waals surface area contributed by atoms with E-state index in [1.165, 1.54) is 0 Å².